The van der Waals surface area contributed by atoms with E-state index in [9.17, 15) is 14.7 Å². The number of phenolic OH excluding ortho intramolecular Hbond substituents is 1. The zero-order valence-corrected chi connectivity index (χ0v) is 17.8. The first kappa shape index (κ1) is 21.1. The van der Waals surface area contributed by atoms with Crippen molar-refractivity contribution >= 4 is 46.1 Å². The fraction of sp³-hybridized carbons (Fsp3) is 0.227. The molecule has 0 unspecified atom stereocenters. The fourth-order valence-electron chi connectivity index (χ4n) is 3.02. The molecule has 0 saturated carbocycles. The number of ketones is 1. The molecule has 29 heavy (non-hydrogen) atoms. The molecule has 1 aliphatic rings. The Bertz CT molecular complexity index is 997. The molecule has 3 rings (SSSR count). The van der Waals surface area contributed by atoms with E-state index < -0.39 is 0 Å². The molecule has 0 radical (unpaired) electrons. The Balaban J connectivity index is 1.72. The first-order valence-electron chi connectivity index (χ1n) is 9.21. The molecule has 7 heteroatoms. The monoisotopic (exact) mass is 427 g/mol. The third kappa shape index (κ3) is 5.05. The van der Waals surface area contributed by atoms with Gasteiger partial charge in [-0.1, -0.05) is 55.5 Å². The highest BCUT2D eigenvalue weighted by Gasteiger charge is 2.21. The molecule has 5 nitrogen and oxygen atoms in total. The summed E-state index contributed by atoms with van der Waals surface area (Å²) in [4.78, 5) is 24.0. The number of hydrogen-bond donors (Lipinski definition) is 2. The minimum Gasteiger partial charge on any atom is -0.507 e. The Kier molecular flexibility index (Phi) is 6.71. The van der Waals surface area contributed by atoms with Crippen LogP contribution in [0.5, 0.6) is 11.5 Å². The number of thiocarbonyl (C=S) groups is 1. The summed E-state index contributed by atoms with van der Waals surface area (Å²) in [5, 5.41) is 13.0. The molecular formula is C22H21NO4S2. The van der Waals surface area contributed by atoms with Gasteiger partial charge in [-0.2, -0.15) is 0 Å². The summed E-state index contributed by atoms with van der Waals surface area (Å²) in [5.74, 6) is 0.376. The fourth-order valence-corrected chi connectivity index (χ4v) is 4.06. The molecule has 1 saturated heterocycles. The second-order valence-electron chi connectivity index (χ2n) is 6.62. The number of rotatable bonds is 7. The van der Waals surface area contributed by atoms with Gasteiger partial charge in [0, 0.05) is 5.56 Å². The van der Waals surface area contributed by atoms with Gasteiger partial charge in [0.15, 0.2) is 5.78 Å². The highest BCUT2D eigenvalue weighted by atomic mass is 32.2. The highest BCUT2D eigenvalue weighted by molar-refractivity contribution is 8.26. The zero-order valence-electron chi connectivity index (χ0n) is 16.2. The lowest BCUT2D eigenvalue weighted by Gasteiger charge is -2.14. The number of ether oxygens (including phenoxy) is 1. The number of thioether (sulfide) groups is 1. The SMILES string of the molecule is CCCc1c(COc2ccc(/C=C3\SC(=S)NC3=O)cc2)ccc(C(C)=O)c1O. The number of benzene rings is 2. The molecule has 0 aromatic heterocycles. The van der Waals surface area contributed by atoms with Gasteiger partial charge in [0.05, 0.1) is 10.5 Å². The number of hydrogen-bond acceptors (Lipinski definition) is 6. The maximum Gasteiger partial charge on any atom is 0.263 e. The summed E-state index contributed by atoms with van der Waals surface area (Å²) < 4.78 is 6.34. The van der Waals surface area contributed by atoms with Crippen LogP contribution in [0.15, 0.2) is 41.3 Å². The molecule has 0 atom stereocenters. The van der Waals surface area contributed by atoms with Crippen molar-refractivity contribution in [2.75, 3.05) is 0 Å². The molecule has 0 aliphatic carbocycles. The Labute approximate surface area is 179 Å². The third-order valence-electron chi connectivity index (χ3n) is 4.47. The maximum absolute atomic E-state index is 11.7. The Morgan fingerprint density at radius 1 is 1.24 bits per heavy atom. The van der Waals surface area contributed by atoms with E-state index in [2.05, 4.69) is 5.32 Å². The average molecular weight is 428 g/mol. The molecule has 1 aliphatic heterocycles. The predicted molar refractivity (Wildman–Crippen MR) is 119 cm³/mol. The second-order valence-corrected chi connectivity index (χ2v) is 8.33. The highest BCUT2D eigenvalue weighted by Crippen LogP contribution is 2.29. The number of nitrogens with one attached hydrogen (secondary N) is 1. The molecule has 1 heterocycles. The maximum atomic E-state index is 11.7. The van der Waals surface area contributed by atoms with E-state index in [1.807, 2.05) is 37.3 Å². The summed E-state index contributed by atoms with van der Waals surface area (Å²) in [7, 11) is 0. The van der Waals surface area contributed by atoms with Gasteiger partial charge in [0.1, 0.15) is 22.4 Å². The summed E-state index contributed by atoms with van der Waals surface area (Å²) in [6, 6.07) is 10.8. The number of carbonyl (C=O) groups excluding carboxylic acids is 2. The Morgan fingerprint density at radius 2 is 1.97 bits per heavy atom. The first-order valence-corrected chi connectivity index (χ1v) is 10.4. The standard InChI is InChI=1S/C22H21NO4S2/c1-3-4-18-15(7-10-17(13(2)24)20(18)25)12-27-16-8-5-14(6-9-16)11-19-21(26)23-22(28)29-19/h5-11,25H,3-4,12H2,1-2H3,(H,23,26,28)/b19-11-. The molecule has 0 bridgehead atoms. The van der Waals surface area contributed by atoms with E-state index in [0.29, 0.717) is 27.0 Å². The lowest BCUT2D eigenvalue weighted by atomic mass is 9.97. The van der Waals surface area contributed by atoms with Crippen LogP contribution in [-0.2, 0) is 17.8 Å². The largest absolute Gasteiger partial charge is 0.507 e. The van der Waals surface area contributed by atoms with Crippen LogP contribution in [-0.4, -0.2) is 21.1 Å². The molecule has 1 fully saturated rings. The molecular weight excluding hydrogens is 406 g/mol. The van der Waals surface area contributed by atoms with Crippen molar-refractivity contribution in [3.63, 3.8) is 0 Å². The van der Waals surface area contributed by atoms with Crippen LogP contribution in [0.2, 0.25) is 0 Å². The quantitative estimate of drug-likeness (QED) is 0.382. The minimum atomic E-state index is -0.183. The molecule has 2 aromatic rings. The van der Waals surface area contributed by atoms with E-state index in [0.717, 1.165) is 23.1 Å². The summed E-state index contributed by atoms with van der Waals surface area (Å²) in [6.45, 7) is 3.75. The smallest absolute Gasteiger partial charge is 0.263 e. The van der Waals surface area contributed by atoms with Crippen molar-refractivity contribution in [2.24, 2.45) is 0 Å². The van der Waals surface area contributed by atoms with Crippen molar-refractivity contribution in [3.05, 3.63) is 63.6 Å². The van der Waals surface area contributed by atoms with Crippen LogP contribution >= 0.6 is 24.0 Å². The van der Waals surface area contributed by atoms with Gasteiger partial charge < -0.3 is 15.2 Å². The van der Waals surface area contributed by atoms with Gasteiger partial charge in [0.2, 0.25) is 0 Å². The molecule has 150 valence electrons. The lowest BCUT2D eigenvalue weighted by molar-refractivity contribution is -0.115. The van der Waals surface area contributed by atoms with Gasteiger partial charge in [-0.05, 0) is 48.7 Å². The third-order valence-corrected chi connectivity index (χ3v) is 5.64. The molecule has 2 aromatic carbocycles. The summed E-state index contributed by atoms with van der Waals surface area (Å²) in [5.41, 5.74) is 2.81. The van der Waals surface area contributed by atoms with E-state index in [4.69, 9.17) is 17.0 Å². The van der Waals surface area contributed by atoms with Gasteiger partial charge in [-0.15, -0.1) is 0 Å². The molecule has 2 N–H and O–H groups in total. The van der Waals surface area contributed by atoms with E-state index in [-0.39, 0.29) is 24.0 Å². The molecule has 0 spiro atoms. The van der Waals surface area contributed by atoms with Crippen molar-refractivity contribution in [3.8, 4) is 11.5 Å². The van der Waals surface area contributed by atoms with Crippen LogP contribution < -0.4 is 10.1 Å². The second kappa shape index (κ2) is 9.24. The zero-order chi connectivity index (χ0) is 21.0. The average Bonchev–Trinajstić information content (AvgIpc) is 3.00. The van der Waals surface area contributed by atoms with Crippen LogP contribution in [0.25, 0.3) is 6.08 Å². The summed E-state index contributed by atoms with van der Waals surface area (Å²) in [6.07, 6.45) is 3.29. The molecule has 1 amide bonds. The number of Topliss-reactive ketones (excluding diaryl/α,β-unsaturated/α-hetero) is 1. The predicted octanol–water partition coefficient (Wildman–Crippen LogP) is 4.62. The Hall–Kier alpha value is -2.64. The van der Waals surface area contributed by atoms with Crippen LogP contribution in [0.4, 0.5) is 0 Å². The van der Waals surface area contributed by atoms with Crippen LogP contribution in [0.1, 0.15) is 47.3 Å². The van der Waals surface area contributed by atoms with E-state index in [1.165, 1.54) is 18.7 Å². The van der Waals surface area contributed by atoms with E-state index in [1.54, 1.807) is 12.1 Å². The normalized spacial score (nSPS) is 14.9. The first-order chi connectivity index (χ1) is 13.9. The van der Waals surface area contributed by atoms with Gasteiger partial charge in [-0.3, -0.25) is 9.59 Å². The van der Waals surface area contributed by atoms with Gasteiger partial charge in [-0.25, -0.2) is 0 Å². The van der Waals surface area contributed by atoms with Crippen molar-refractivity contribution < 1.29 is 19.4 Å². The van der Waals surface area contributed by atoms with Gasteiger partial charge in [0.25, 0.3) is 5.91 Å². The van der Waals surface area contributed by atoms with Crippen molar-refractivity contribution in [1.82, 2.24) is 5.32 Å². The van der Waals surface area contributed by atoms with E-state index >= 15 is 0 Å². The van der Waals surface area contributed by atoms with Crippen molar-refractivity contribution in [1.29, 1.82) is 0 Å². The summed E-state index contributed by atoms with van der Waals surface area (Å²) >= 11 is 6.23. The van der Waals surface area contributed by atoms with Gasteiger partial charge >= 0.3 is 0 Å². The minimum absolute atomic E-state index is 0.0488. The number of phenols is 1. The number of aromatic hydroxyl groups is 1. The van der Waals surface area contributed by atoms with Crippen molar-refractivity contribution in [2.45, 2.75) is 33.3 Å². The topological polar surface area (TPSA) is 75.6 Å². The number of amides is 1. The Morgan fingerprint density at radius 3 is 2.55 bits per heavy atom. The lowest BCUT2D eigenvalue weighted by Crippen LogP contribution is -2.17. The number of carbonyl (C=O) groups is 2. The van der Waals surface area contributed by atoms with Crippen LogP contribution in [0.3, 0.4) is 0 Å². The van der Waals surface area contributed by atoms with Crippen LogP contribution in [0, 0.1) is 0 Å².